The first-order chi connectivity index (χ1) is 11.3. The molecule has 2 aromatic heterocycles. The Morgan fingerprint density at radius 1 is 1.13 bits per heavy atom. The van der Waals surface area contributed by atoms with Crippen molar-refractivity contribution in [2.75, 3.05) is 49.5 Å². The van der Waals surface area contributed by atoms with Crippen LogP contribution in [0.5, 0.6) is 0 Å². The third kappa shape index (κ3) is 4.32. The quantitative estimate of drug-likeness (QED) is 0.812. The minimum Gasteiger partial charge on any atom is -0.368 e. The van der Waals surface area contributed by atoms with Gasteiger partial charge in [0.2, 0.25) is 0 Å². The molecule has 0 spiro atoms. The molecular formula is C15H20N6OS. The molecule has 2 N–H and O–H groups in total. The normalized spacial score (nSPS) is 14.6. The van der Waals surface area contributed by atoms with Gasteiger partial charge in [0.1, 0.15) is 5.82 Å². The highest BCUT2D eigenvalue weighted by atomic mass is 32.1. The van der Waals surface area contributed by atoms with Gasteiger partial charge in [-0.25, -0.2) is 14.8 Å². The van der Waals surface area contributed by atoms with E-state index in [1.807, 2.05) is 34.7 Å². The summed E-state index contributed by atoms with van der Waals surface area (Å²) in [5, 5.41) is 9.11. The SMILES string of the molecule is O=C(NCCNc1ccccn1)N1CCN(c2nccs2)CC1. The molecule has 23 heavy (non-hydrogen) atoms. The molecular weight excluding hydrogens is 312 g/mol. The van der Waals surface area contributed by atoms with Gasteiger partial charge in [-0.1, -0.05) is 6.07 Å². The van der Waals surface area contributed by atoms with Crippen LogP contribution in [0.4, 0.5) is 15.7 Å². The van der Waals surface area contributed by atoms with Crippen molar-refractivity contribution in [2.24, 2.45) is 0 Å². The van der Waals surface area contributed by atoms with Crippen LogP contribution < -0.4 is 15.5 Å². The van der Waals surface area contributed by atoms with Gasteiger partial charge < -0.3 is 20.4 Å². The van der Waals surface area contributed by atoms with E-state index in [1.54, 1.807) is 17.5 Å². The molecule has 1 aliphatic heterocycles. The van der Waals surface area contributed by atoms with Crippen LogP contribution in [0, 0.1) is 0 Å². The minimum atomic E-state index is -0.00777. The van der Waals surface area contributed by atoms with Crippen molar-refractivity contribution in [2.45, 2.75) is 0 Å². The molecule has 1 saturated heterocycles. The van der Waals surface area contributed by atoms with Gasteiger partial charge in [-0.15, -0.1) is 11.3 Å². The summed E-state index contributed by atoms with van der Waals surface area (Å²) in [6.07, 6.45) is 3.55. The maximum Gasteiger partial charge on any atom is 0.317 e. The summed E-state index contributed by atoms with van der Waals surface area (Å²) in [5.74, 6) is 0.818. The van der Waals surface area contributed by atoms with E-state index in [1.165, 1.54) is 0 Å². The minimum absolute atomic E-state index is 0.00777. The topological polar surface area (TPSA) is 73.4 Å². The number of carbonyl (C=O) groups is 1. The standard InChI is InChI=1S/C15H20N6OS/c22-14(18-6-5-17-13-3-1-2-4-16-13)20-8-10-21(11-9-20)15-19-7-12-23-15/h1-4,7,12H,5-6,8-11H2,(H,16,17)(H,18,22). The van der Waals surface area contributed by atoms with E-state index in [0.717, 1.165) is 37.1 Å². The number of aromatic nitrogens is 2. The summed E-state index contributed by atoms with van der Waals surface area (Å²) in [6, 6.07) is 5.69. The third-order valence-electron chi connectivity index (χ3n) is 3.63. The number of amides is 2. The van der Waals surface area contributed by atoms with Crippen molar-refractivity contribution >= 4 is 28.3 Å². The number of urea groups is 1. The van der Waals surface area contributed by atoms with Gasteiger partial charge in [0.25, 0.3) is 0 Å². The lowest BCUT2D eigenvalue weighted by atomic mass is 10.3. The van der Waals surface area contributed by atoms with E-state index in [0.29, 0.717) is 13.1 Å². The lowest BCUT2D eigenvalue weighted by Crippen LogP contribution is -2.52. The molecule has 3 rings (SSSR count). The number of nitrogens with one attached hydrogen (secondary N) is 2. The van der Waals surface area contributed by atoms with Crippen molar-refractivity contribution in [3.05, 3.63) is 36.0 Å². The van der Waals surface area contributed by atoms with Gasteiger partial charge in [-0.2, -0.15) is 0 Å². The maximum absolute atomic E-state index is 12.1. The zero-order chi connectivity index (χ0) is 15.9. The van der Waals surface area contributed by atoms with E-state index < -0.39 is 0 Å². The van der Waals surface area contributed by atoms with Crippen molar-refractivity contribution in [1.29, 1.82) is 0 Å². The number of carbonyl (C=O) groups excluding carboxylic acids is 1. The number of anilines is 2. The van der Waals surface area contributed by atoms with Gasteiger partial charge in [-0.3, -0.25) is 0 Å². The average molecular weight is 332 g/mol. The fourth-order valence-electron chi connectivity index (χ4n) is 2.41. The highest BCUT2D eigenvalue weighted by molar-refractivity contribution is 7.13. The number of nitrogens with zero attached hydrogens (tertiary/aromatic N) is 4. The lowest BCUT2D eigenvalue weighted by Gasteiger charge is -2.34. The van der Waals surface area contributed by atoms with E-state index in [-0.39, 0.29) is 6.03 Å². The molecule has 0 saturated carbocycles. The number of piperazine rings is 1. The summed E-state index contributed by atoms with van der Waals surface area (Å²) in [6.45, 7) is 4.32. The van der Waals surface area contributed by atoms with Crippen LogP contribution in [-0.4, -0.2) is 60.2 Å². The molecule has 0 radical (unpaired) electrons. The molecule has 122 valence electrons. The largest absolute Gasteiger partial charge is 0.368 e. The van der Waals surface area contributed by atoms with Crippen LogP contribution in [0.3, 0.4) is 0 Å². The van der Waals surface area contributed by atoms with Crippen molar-refractivity contribution in [1.82, 2.24) is 20.2 Å². The van der Waals surface area contributed by atoms with E-state index in [4.69, 9.17) is 0 Å². The van der Waals surface area contributed by atoms with E-state index >= 15 is 0 Å². The van der Waals surface area contributed by atoms with Crippen LogP contribution in [-0.2, 0) is 0 Å². The van der Waals surface area contributed by atoms with Crippen molar-refractivity contribution in [3.8, 4) is 0 Å². The molecule has 1 aliphatic rings. The number of hydrogen-bond donors (Lipinski definition) is 2. The molecule has 2 amide bonds. The van der Waals surface area contributed by atoms with E-state index in [2.05, 4.69) is 25.5 Å². The molecule has 8 heteroatoms. The fraction of sp³-hybridized carbons (Fsp3) is 0.400. The zero-order valence-corrected chi connectivity index (χ0v) is 13.6. The van der Waals surface area contributed by atoms with E-state index in [9.17, 15) is 4.79 Å². The predicted octanol–water partition coefficient (Wildman–Crippen LogP) is 1.48. The molecule has 0 atom stereocenters. The fourth-order valence-corrected chi connectivity index (χ4v) is 3.11. The van der Waals surface area contributed by atoms with Gasteiger partial charge in [-0.05, 0) is 12.1 Å². The molecule has 0 unspecified atom stereocenters. The number of thiazole rings is 1. The third-order valence-corrected chi connectivity index (χ3v) is 4.46. The van der Waals surface area contributed by atoms with Gasteiger partial charge in [0, 0.05) is 57.0 Å². The monoisotopic (exact) mass is 332 g/mol. The average Bonchev–Trinajstić information content (AvgIpc) is 3.14. The summed E-state index contributed by atoms with van der Waals surface area (Å²) in [7, 11) is 0. The summed E-state index contributed by atoms with van der Waals surface area (Å²) in [5.41, 5.74) is 0. The Hall–Kier alpha value is -2.35. The van der Waals surface area contributed by atoms with Crippen LogP contribution in [0.2, 0.25) is 0 Å². The number of rotatable bonds is 5. The van der Waals surface area contributed by atoms with Gasteiger partial charge in [0.05, 0.1) is 0 Å². The highest BCUT2D eigenvalue weighted by Crippen LogP contribution is 2.18. The Kier molecular flexibility index (Phi) is 5.25. The van der Waals surface area contributed by atoms with Gasteiger partial charge in [0.15, 0.2) is 5.13 Å². The highest BCUT2D eigenvalue weighted by Gasteiger charge is 2.21. The smallest absolute Gasteiger partial charge is 0.317 e. The van der Waals surface area contributed by atoms with Gasteiger partial charge >= 0.3 is 6.03 Å². The Morgan fingerprint density at radius 3 is 2.70 bits per heavy atom. The molecule has 3 heterocycles. The first-order valence-corrected chi connectivity index (χ1v) is 8.53. The summed E-state index contributed by atoms with van der Waals surface area (Å²) < 4.78 is 0. The van der Waals surface area contributed by atoms with Crippen LogP contribution in [0.15, 0.2) is 36.0 Å². The Morgan fingerprint density at radius 2 is 2.00 bits per heavy atom. The summed E-state index contributed by atoms with van der Waals surface area (Å²) in [4.78, 5) is 24.7. The van der Waals surface area contributed by atoms with Crippen molar-refractivity contribution < 1.29 is 4.79 Å². The van der Waals surface area contributed by atoms with Crippen LogP contribution in [0.1, 0.15) is 0 Å². The summed E-state index contributed by atoms with van der Waals surface area (Å²) >= 11 is 1.64. The molecule has 1 fully saturated rings. The number of hydrogen-bond acceptors (Lipinski definition) is 6. The zero-order valence-electron chi connectivity index (χ0n) is 12.8. The first-order valence-electron chi connectivity index (χ1n) is 7.65. The van der Waals surface area contributed by atoms with Crippen LogP contribution in [0.25, 0.3) is 0 Å². The molecule has 0 aliphatic carbocycles. The molecule has 0 bridgehead atoms. The second kappa shape index (κ2) is 7.77. The van der Waals surface area contributed by atoms with Crippen LogP contribution >= 0.6 is 11.3 Å². The second-order valence-corrected chi connectivity index (χ2v) is 6.04. The first kappa shape index (κ1) is 15.5. The predicted molar refractivity (Wildman–Crippen MR) is 92.0 cm³/mol. The Labute approximate surface area is 139 Å². The second-order valence-electron chi connectivity index (χ2n) is 5.16. The molecule has 2 aromatic rings. The van der Waals surface area contributed by atoms with Crippen molar-refractivity contribution in [3.63, 3.8) is 0 Å². The lowest BCUT2D eigenvalue weighted by molar-refractivity contribution is 0.195. The molecule has 0 aromatic carbocycles. The Bertz CT molecular complexity index is 598. The molecule has 7 nitrogen and oxygen atoms in total. The number of pyridine rings is 1. The maximum atomic E-state index is 12.1. The Balaban J connectivity index is 1.35.